The Morgan fingerprint density at radius 1 is 0.976 bits per heavy atom. The van der Waals surface area contributed by atoms with Gasteiger partial charge in [0.2, 0.25) is 11.2 Å². The molecule has 4 rings (SSSR count). The van der Waals surface area contributed by atoms with E-state index in [0.717, 1.165) is 10.6 Å². The number of rotatable bonds is 8. The highest BCUT2D eigenvalue weighted by atomic mass is 16.5. The minimum Gasteiger partial charge on any atom is -0.784 e. The number of carbonyl (C=O) groups is 2. The standard InChI is InChI=1S/C31H39N2O9/c1-30(2)15-20(31(3,4)33(30)37)29(36)42-16-25(35)32-21-11-9-17-13-24(39-6)27(40-7)28(41-8)26(17)18-10-12-23(38-5)22(34)14-19(18)21/h10,12-14,20-21H,9,11,15-16H2,1-8H3,(H,32,35)/q-1/t20-,21-/m0/s1. The summed E-state index contributed by atoms with van der Waals surface area (Å²) >= 11 is 0. The normalized spacial score (nSPS) is 20.4. The highest BCUT2D eigenvalue weighted by Gasteiger charge is 2.50. The van der Waals surface area contributed by atoms with E-state index in [2.05, 4.69) is 5.32 Å². The fraction of sp³-hybridized carbons (Fsp3) is 0.516. The van der Waals surface area contributed by atoms with Gasteiger partial charge in [-0.3, -0.25) is 14.4 Å². The molecular formula is C31H39N2O9-. The van der Waals surface area contributed by atoms with Crippen molar-refractivity contribution < 1.29 is 33.3 Å². The van der Waals surface area contributed by atoms with Crippen molar-refractivity contribution in [2.75, 3.05) is 35.0 Å². The molecule has 42 heavy (non-hydrogen) atoms. The number of benzene rings is 1. The third-order valence-electron chi connectivity index (χ3n) is 8.32. The summed E-state index contributed by atoms with van der Waals surface area (Å²) < 4.78 is 27.7. The second kappa shape index (κ2) is 11.8. The van der Waals surface area contributed by atoms with Gasteiger partial charge in [-0.15, -0.1) is 0 Å². The van der Waals surface area contributed by atoms with Crippen LogP contribution in [-0.2, 0) is 20.7 Å². The third kappa shape index (κ3) is 5.50. The Hall–Kier alpha value is -3.83. The van der Waals surface area contributed by atoms with Gasteiger partial charge in [-0.05, 0) is 81.8 Å². The molecule has 1 fully saturated rings. The lowest BCUT2D eigenvalue weighted by molar-refractivity contribution is -0.154. The van der Waals surface area contributed by atoms with Crippen molar-refractivity contribution in [1.29, 1.82) is 0 Å². The fourth-order valence-electron chi connectivity index (χ4n) is 6.22. The SMILES string of the molecule is COc1cc2c(c(OC)c1OC)-c1ccc(OC)c(=O)cc1[C@@H](NC(=O)COC(=O)[C@@H]1CC(C)(C)N([O-])C1(C)C)CC2. The fourth-order valence-corrected chi connectivity index (χ4v) is 6.22. The molecule has 0 bridgehead atoms. The molecule has 1 heterocycles. The third-order valence-corrected chi connectivity index (χ3v) is 8.32. The molecule has 1 amide bonds. The van der Waals surface area contributed by atoms with Gasteiger partial charge in [0.25, 0.3) is 5.91 Å². The van der Waals surface area contributed by atoms with Crippen molar-refractivity contribution in [1.82, 2.24) is 10.4 Å². The van der Waals surface area contributed by atoms with Crippen LogP contribution in [0.1, 0.15) is 57.7 Å². The summed E-state index contributed by atoms with van der Waals surface area (Å²) in [7, 11) is 5.99. The van der Waals surface area contributed by atoms with Gasteiger partial charge >= 0.3 is 5.97 Å². The Morgan fingerprint density at radius 3 is 2.21 bits per heavy atom. The molecule has 0 unspecified atom stereocenters. The predicted octanol–water partition coefficient (Wildman–Crippen LogP) is 3.77. The summed E-state index contributed by atoms with van der Waals surface area (Å²) in [5, 5.41) is 16.6. The molecule has 0 saturated carbocycles. The molecule has 2 aliphatic rings. The molecule has 0 radical (unpaired) electrons. The molecule has 2 atom stereocenters. The van der Waals surface area contributed by atoms with Gasteiger partial charge in [-0.1, -0.05) is 6.07 Å². The second-order valence-corrected chi connectivity index (χ2v) is 11.7. The van der Waals surface area contributed by atoms with Crippen LogP contribution >= 0.6 is 0 Å². The number of hydrogen-bond acceptors (Lipinski definition) is 10. The van der Waals surface area contributed by atoms with Gasteiger partial charge in [0.15, 0.2) is 23.9 Å². The number of hydrogen-bond donors (Lipinski definition) is 1. The highest BCUT2D eigenvalue weighted by molar-refractivity contribution is 5.85. The van der Waals surface area contributed by atoms with E-state index < -0.39 is 41.5 Å². The molecule has 228 valence electrons. The first-order valence-electron chi connectivity index (χ1n) is 13.8. The zero-order valence-electron chi connectivity index (χ0n) is 25.4. The highest BCUT2D eigenvalue weighted by Crippen LogP contribution is 2.50. The largest absolute Gasteiger partial charge is 0.784 e. The number of methoxy groups -OCH3 is 4. The van der Waals surface area contributed by atoms with Crippen LogP contribution in [-0.4, -0.2) is 63.1 Å². The molecule has 1 N–H and O–H groups in total. The van der Waals surface area contributed by atoms with E-state index in [0.29, 0.717) is 53.2 Å². The maximum absolute atomic E-state index is 13.2. The summed E-state index contributed by atoms with van der Waals surface area (Å²) in [6.07, 6.45) is 1.25. The van der Waals surface area contributed by atoms with Gasteiger partial charge in [-0.2, -0.15) is 0 Å². The van der Waals surface area contributed by atoms with Crippen LogP contribution in [0.5, 0.6) is 23.0 Å². The van der Waals surface area contributed by atoms with Crippen molar-refractivity contribution >= 4 is 11.9 Å². The average Bonchev–Trinajstić information content (AvgIpc) is 3.10. The molecule has 11 nitrogen and oxygen atoms in total. The Balaban J connectivity index is 1.67. The summed E-state index contributed by atoms with van der Waals surface area (Å²) in [5.41, 5.74) is 0.719. The average molecular weight is 584 g/mol. The van der Waals surface area contributed by atoms with Crippen LogP contribution in [0.4, 0.5) is 0 Å². The Kier molecular flexibility index (Phi) is 8.75. The van der Waals surface area contributed by atoms with Gasteiger partial charge in [0.05, 0.1) is 40.4 Å². The number of ether oxygens (including phenoxy) is 5. The van der Waals surface area contributed by atoms with Gasteiger partial charge in [0, 0.05) is 16.6 Å². The van der Waals surface area contributed by atoms with Gasteiger partial charge < -0.3 is 39.3 Å². The number of fused-ring (bicyclic) bond motifs is 3. The lowest BCUT2D eigenvalue weighted by Crippen LogP contribution is -2.47. The van der Waals surface area contributed by atoms with Gasteiger partial charge in [-0.25, -0.2) is 0 Å². The molecule has 11 heteroatoms. The lowest BCUT2D eigenvalue weighted by atomic mass is 9.87. The Morgan fingerprint density at radius 2 is 1.64 bits per heavy atom. The quantitative estimate of drug-likeness (QED) is 0.458. The van der Waals surface area contributed by atoms with Crippen molar-refractivity contribution in [3.63, 3.8) is 0 Å². The molecular weight excluding hydrogens is 544 g/mol. The van der Waals surface area contributed by atoms with Crippen molar-refractivity contribution in [3.8, 4) is 34.1 Å². The molecule has 1 aliphatic carbocycles. The smallest absolute Gasteiger partial charge is 0.311 e. The summed E-state index contributed by atoms with van der Waals surface area (Å²) in [6, 6.07) is 6.04. The van der Waals surface area contributed by atoms with E-state index in [1.54, 1.807) is 39.8 Å². The number of amides is 1. The van der Waals surface area contributed by atoms with Crippen molar-refractivity contribution in [2.45, 2.75) is 64.1 Å². The summed E-state index contributed by atoms with van der Waals surface area (Å²) in [5.74, 6) is -0.364. The number of nitrogens with zero attached hydrogens (tertiary/aromatic N) is 1. The van der Waals surface area contributed by atoms with Crippen LogP contribution in [0.15, 0.2) is 29.1 Å². The topological polar surface area (TPSA) is 136 Å². The number of nitrogens with one attached hydrogen (secondary N) is 1. The predicted molar refractivity (Wildman–Crippen MR) is 156 cm³/mol. The summed E-state index contributed by atoms with van der Waals surface area (Å²) in [6.45, 7) is 6.44. The minimum atomic E-state index is -0.970. The van der Waals surface area contributed by atoms with Crippen molar-refractivity contribution in [3.05, 3.63) is 50.8 Å². The molecule has 1 saturated heterocycles. The number of aryl methyl sites for hydroxylation is 1. The number of carbonyl (C=O) groups excluding carboxylic acids is 2. The lowest BCUT2D eigenvalue weighted by Gasteiger charge is -2.47. The molecule has 0 aromatic heterocycles. The zero-order chi connectivity index (χ0) is 31.0. The van der Waals surface area contributed by atoms with E-state index in [1.807, 2.05) is 6.07 Å². The maximum atomic E-state index is 13.2. The van der Waals surface area contributed by atoms with E-state index in [-0.39, 0.29) is 11.2 Å². The summed E-state index contributed by atoms with van der Waals surface area (Å²) in [4.78, 5) is 39.2. The van der Waals surface area contributed by atoms with E-state index in [9.17, 15) is 19.6 Å². The first kappa shape index (κ1) is 31.1. The Labute approximate surface area is 245 Å². The van der Waals surface area contributed by atoms with Crippen LogP contribution in [0.2, 0.25) is 0 Å². The van der Waals surface area contributed by atoms with Crippen LogP contribution in [0.25, 0.3) is 11.1 Å². The maximum Gasteiger partial charge on any atom is 0.311 e. The minimum absolute atomic E-state index is 0.137. The first-order valence-corrected chi connectivity index (χ1v) is 13.8. The molecule has 2 aromatic carbocycles. The Bertz CT molecular complexity index is 1440. The van der Waals surface area contributed by atoms with Gasteiger partial charge in [0.1, 0.15) is 0 Å². The van der Waals surface area contributed by atoms with E-state index in [1.165, 1.54) is 34.5 Å². The first-order chi connectivity index (χ1) is 19.8. The van der Waals surface area contributed by atoms with E-state index >= 15 is 0 Å². The van der Waals surface area contributed by atoms with E-state index in [4.69, 9.17) is 23.7 Å². The zero-order valence-corrected chi connectivity index (χ0v) is 25.4. The molecule has 1 aliphatic heterocycles. The van der Waals surface area contributed by atoms with Crippen LogP contribution in [0, 0.1) is 11.1 Å². The second-order valence-electron chi connectivity index (χ2n) is 11.7. The molecule has 0 spiro atoms. The molecule has 2 aromatic rings. The number of hydroxylamine groups is 2. The van der Waals surface area contributed by atoms with Crippen LogP contribution in [0.3, 0.4) is 0 Å². The van der Waals surface area contributed by atoms with Crippen molar-refractivity contribution in [2.24, 2.45) is 5.92 Å². The van der Waals surface area contributed by atoms with Crippen LogP contribution < -0.4 is 29.7 Å². The number of esters is 1. The monoisotopic (exact) mass is 583 g/mol.